The molecule has 0 radical (unpaired) electrons. The van der Waals surface area contributed by atoms with Crippen molar-refractivity contribution in [1.29, 1.82) is 0 Å². The highest BCUT2D eigenvalue weighted by Gasteiger charge is 2.19. The van der Waals surface area contributed by atoms with Crippen molar-refractivity contribution >= 4 is 22.7 Å². The molecule has 84 valence electrons. The fraction of sp³-hybridized carbons (Fsp3) is 0.400. The summed E-state index contributed by atoms with van der Waals surface area (Å²) in [7, 11) is -4.19. The van der Waals surface area contributed by atoms with Gasteiger partial charge in [0.2, 0.25) is 0 Å². The molecule has 1 aromatic carbocycles. The molecule has 3 nitrogen and oxygen atoms in total. The van der Waals surface area contributed by atoms with Crippen LogP contribution in [0.3, 0.4) is 0 Å². The molecule has 1 rings (SSSR count). The Labute approximate surface area is 95.7 Å². The minimum absolute atomic E-state index is 0.141. The highest BCUT2D eigenvalue weighted by molar-refractivity contribution is 7.87. The lowest BCUT2D eigenvalue weighted by atomic mass is 9.87. The Hall–Kier alpha value is -0.520. The summed E-state index contributed by atoms with van der Waals surface area (Å²) < 4.78 is 31.1. The van der Waals surface area contributed by atoms with E-state index in [1.54, 1.807) is 12.1 Å². The van der Waals surface area contributed by atoms with E-state index in [0.717, 1.165) is 5.56 Å². The maximum atomic E-state index is 11.0. The van der Waals surface area contributed by atoms with E-state index in [0.29, 0.717) is 0 Å². The standard InChI is InChI=1S/C10H14O3S2/c1-10(2,3)7-4-5-8(14)9(6-7)15(11,12)13/h4-6,14H,1-3H3,(H,11,12,13). The largest absolute Gasteiger partial charge is 0.295 e. The van der Waals surface area contributed by atoms with Gasteiger partial charge in [-0.15, -0.1) is 12.6 Å². The van der Waals surface area contributed by atoms with Crippen LogP contribution in [-0.2, 0) is 15.5 Å². The molecule has 0 atom stereocenters. The Balaban J connectivity index is 3.43. The van der Waals surface area contributed by atoms with Crippen LogP contribution in [0.25, 0.3) is 0 Å². The highest BCUT2D eigenvalue weighted by atomic mass is 32.2. The Bertz CT molecular complexity index is 470. The molecule has 5 heteroatoms. The molecule has 0 amide bonds. The summed E-state index contributed by atoms with van der Waals surface area (Å²) in [6, 6.07) is 4.83. The van der Waals surface area contributed by atoms with Gasteiger partial charge in [0.1, 0.15) is 4.90 Å². The zero-order valence-corrected chi connectivity index (χ0v) is 10.6. The molecule has 0 heterocycles. The van der Waals surface area contributed by atoms with Crippen LogP contribution in [0.1, 0.15) is 26.3 Å². The van der Waals surface area contributed by atoms with Crippen molar-refractivity contribution in [2.24, 2.45) is 0 Å². The van der Waals surface area contributed by atoms with Gasteiger partial charge in [-0.25, -0.2) is 0 Å². The fourth-order valence-electron chi connectivity index (χ4n) is 1.19. The first-order chi connectivity index (χ1) is 6.62. The smallest absolute Gasteiger partial charge is 0.282 e. The van der Waals surface area contributed by atoms with Crippen LogP contribution >= 0.6 is 12.6 Å². The van der Waals surface area contributed by atoms with E-state index in [-0.39, 0.29) is 15.2 Å². The average molecular weight is 246 g/mol. The second kappa shape index (κ2) is 3.81. The third-order valence-electron chi connectivity index (χ3n) is 2.10. The summed E-state index contributed by atoms with van der Waals surface area (Å²) in [5, 5.41) is 0. The summed E-state index contributed by atoms with van der Waals surface area (Å²) in [5.41, 5.74) is 0.675. The number of thiol groups is 1. The van der Waals surface area contributed by atoms with Crippen LogP contribution in [-0.4, -0.2) is 13.0 Å². The molecule has 1 N–H and O–H groups in total. The SMILES string of the molecule is CC(C)(C)c1ccc(S)c(S(=O)(=O)O)c1. The Morgan fingerprint density at radius 3 is 2.20 bits per heavy atom. The van der Waals surface area contributed by atoms with Crippen molar-refractivity contribution in [2.45, 2.75) is 36.0 Å². The molecule has 15 heavy (non-hydrogen) atoms. The number of benzene rings is 1. The van der Waals surface area contributed by atoms with E-state index in [1.807, 2.05) is 20.8 Å². The molecule has 1 aromatic rings. The number of hydrogen-bond acceptors (Lipinski definition) is 3. The molecular weight excluding hydrogens is 232 g/mol. The topological polar surface area (TPSA) is 54.4 Å². The van der Waals surface area contributed by atoms with Gasteiger partial charge in [-0.1, -0.05) is 26.8 Å². The Morgan fingerprint density at radius 1 is 1.27 bits per heavy atom. The van der Waals surface area contributed by atoms with E-state index < -0.39 is 10.1 Å². The van der Waals surface area contributed by atoms with Crippen molar-refractivity contribution < 1.29 is 13.0 Å². The Kier molecular flexibility index (Phi) is 3.19. The molecule has 0 aliphatic carbocycles. The Morgan fingerprint density at radius 2 is 1.80 bits per heavy atom. The quantitative estimate of drug-likeness (QED) is 0.591. The van der Waals surface area contributed by atoms with Crippen molar-refractivity contribution in [2.75, 3.05) is 0 Å². The first kappa shape index (κ1) is 12.5. The lowest BCUT2D eigenvalue weighted by molar-refractivity contribution is 0.480. The third-order valence-corrected chi connectivity index (χ3v) is 3.54. The van der Waals surface area contributed by atoms with Gasteiger partial charge in [-0.3, -0.25) is 4.55 Å². The van der Waals surface area contributed by atoms with Gasteiger partial charge in [-0.05, 0) is 23.1 Å². The first-order valence-electron chi connectivity index (χ1n) is 4.43. The lowest BCUT2D eigenvalue weighted by Gasteiger charge is -2.19. The molecule has 0 fully saturated rings. The van der Waals surface area contributed by atoms with Gasteiger partial charge in [-0.2, -0.15) is 8.42 Å². The fourth-order valence-corrected chi connectivity index (χ4v) is 2.28. The van der Waals surface area contributed by atoms with E-state index in [4.69, 9.17) is 4.55 Å². The molecule has 0 saturated carbocycles. The minimum Gasteiger partial charge on any atom is -0.282 e. The van der Waals surface area contributed by atoms with Crippen LogP contribution in [0.15, 0.2) is 28.0 Å². The van der Waals surface area contributed by atoms with Crippen LogP contribution < -0.4 is 0 Å². The van der Waals surface area contributed by atoms with Crippen molar-refractivity contribution in [3.8, 4) is 0 Å². The van der Waals surface area contributed by atoms with Crippen LogP contribution in [0, 0.1) is 0 Å². The molecule has 0 aliphatic heterocycles. The van der Waals surface area contributed by atoms with Crippen molar-refractivity contribution in [3.05, 3.63) is 23.8 Å². The lowest BCUT2D eigenvalue weighted by Crippen LogP contribution is -2.12. The van der Waals surface area contributed by atoms with Crippen molar-refractivity contribution in [1.82, 2.24) is 0 Å². The van der Waals surface area contributed by atoms with E-state index >= 15 is 0 Å². The van der Waals surface area contributed by atoms with Crippen LogP contribution in [0.5, 0.6) is 0 Å². The summed E-state index contributed by atoms with van der Waals surface area (Å²) in [4.78, 5) is 0.115. The second-order valence-corrected chi connectivity index (χ2v) is 6.28. The van der Waals surface area contributed by atoms with Crippen LogP contribution in [0.2, 0.25) is 0 Å². The van der Waals surface area contributed by atoms with Gasteiger partial charge >= 0.3 is 0 Å². The predicted octanol–water partition coefficient (Wildman–Crippen LogP) is 2.52. The highest BCUT2D eigenvalue weighted by Crippen LogP contribution is 2.28. The normalized spacial score (nSPS) is 12.9. The van der Waals surface area contributed by atoms with Gasteiger partial charge in [0, 0.05) is 4.90 Å². The summed E-state index contributed by atoms with van der Waals surface area (Å²) >= 11 is 4.00. The van der Waals surface area contributed by atoms with Gasteiger partial charge in [0.25, 0.3) is 10.1 Å². The zero-order chi connectivity index (χ0) is 11.9. The molecule has 0 aliphatic rings. The minimum atomic E-state index is -4.19. The maximum absolute atomic E-state index is 11.0. The summed E-state index contributed by atoms with van der Waals surface area (Å²) in [6.07, 6.45) is 0. The van der Waals surface area contributed by atoms with E-state index in [1.165, 1.54) is 6.07 Å². The van der Waals surface area contributed by atoms with Gasteiger partial charge < -0.3 is 0 Å². The summed E-state index contributed by atoms with van der Waals surface area (Å²) in [5.74, 6) is 0. The van der Waals surface area contributed by atoms with Crippen molar-refractivity contribution in [3.63, 3.8) is 0 Å². The van der Waals surface area contributed by atoms with Gasteiger partial charge in [0.05, 0.1) is 0 Å². The molecule has 0 saturated heterocycles. The predicted molar refractivity (Wildman–Crippen MR) is 62.2 cm³/mol. The average Bonchev–Trinajstić information content (AvgIpc) is 2.00. The maximum Gasteiger partial charge on any atom is 0.295 e. The third kappa shape index (κ3) is 2.96. The van der Waals surface area contributed by atoms with E-state index in [2.05, 4.69) is 12.6 Å². The number of rotatable bonds is 1. The zero-order valence-electron chi connectivity index (χ0n) is 8.85. The molecule has 0 bridgehead atoms. The van der Waals surface area contributed by atoms with E-state index in [9.17, 15) is 8.42 Å². The number of hydrogen-bond donors (Lipinski definition) is 2. The molecular formula is C10H14O3S2. The molecule has 0 aromatic heterocycles. The summed E-state index contributed by atoms with van der Waals surface area (Å²) in [6.45, 7) is 5.90. The second-order valence-electron chi connectivity index (χ2n) is 4.41. The molecule has 0 spiro atoms. The first-order valence-corrected chi connectivity index (χ1v) is 6.32. The molecule has 0 unspecified atom stereocenters. The van der Waals surface area contributed by atoms with Crippen LogP contribution in [0.4, 0.5) is 0 Å². The van der Waals surface area contributed by atoms with Gasteiger partial charge in [0.15, 0.2) is 0 Å². The monoisotopic (exact) mass is 246 g/mol.